The normalized spacial score (nSPS) is 11.8. The fraction of sp³-hybridized carbons (Fsp3) is 0.250. The third kappa shape index (κ3) is 3.41. The third-order valence-corrected chi connectivity index (χ3v) is 5.08. The fourth-order valence-electron chi connectivity index (χ4n) is 1.70. The topological polar surface area (TPSA) is 64.0 Å². The molecule has 1 aromatic heterocycles. The molecule has 5 nitrogen and oxygen atoms in total. The van der Waals surface area contributed by atoms with Crippen LogP contribution in [0, 0.1) is 0 Å². The number of rotatable bonds is 5. The van der Waals surface area contributed by atoms with Crippen LogP contribution in [0.25, 0.3) is 0 Å². The van der Waals surface area contributed by atoms with Gasteiger partial charge in [-0.1, -0.05) is 11.6 Å². The minimum atomic E-state index is -3.57. The minimum Gasteiger partial charge on any atom is -0.267 e. The third-order valence-electron chi connectivity index (χ3n) is 2.75. The van der Waals surface area contributed by atoms with Crippen molar-refractivity contribution in [2.75, 3.05) is 0 Å². The van der Waals surface area contributed by atoms with E-state index in [9.17, 15) is 8.42 Å². The van der Waals surface area contributed by atoms with Gasteiger partial charge in [0.25, 0.3) is 0 Å². The van der Waals surface area contributed by atoms with Crippen LogP contribution in [-0.4, -0.2) is 18.2 Å². The second-order valence-electron chi connectivity index (χ2n) is 4.03. The van der Waals surface area contributed by atoms with Crippen molar-refractivity contribution >= 4 is 37.6 Å². The molecule has 2 rings (SSSR count). The molecule has 8 heteroatoms. The molecule has 20 heavy (non-hydrogen) atoms. The molecule has 0 bridgehead atoms. The van der Waals surface area contributed by atoms with Crippen molar-refractivity contribution in [3.63, 3.8) is 0 Å². The second kappa shape index (κ2) is 6.26. The quantitative estimate of drug-likeness (QED) is 0.870. The first-order valence-corrected chi connectivity index (χ1v) is 8.55. The molecule has 1 N–H and O–H groups in total. The molecule has 2 aromatic rings. The van der Waals surface area contributed by atoms with Crippen LogP contribution < -0.4 is 4.72 Å². The largest absolute Gasteiger partial charge is 0.267 e. The Kier molecular flexibility index (Phi) is 4.85. The Labute approximate surface area is 131 Å². The highest BCUT2D eigenvalue weighted by Gasteiger charge is 2.16. The lowest BCUT2D eigenvalue weighted by molar-refractivity contribution is 0.570. The lowest BCUT2D eigenvalue weighted by Gasteiger charge is -2.09. The molecule has 0 spiro atoms. The molecule has 0 unspecified atom stereocenters. The highest BCUT2D eigenvalue weighted by atomic mass is 79.9. The van der Waals surface area contributed by atoms with Gasteiger partial charge in [-0.2, -0.15) is 5.10 Å². The summed E-state index contributed by atoms with van der Waals surface area (Å²) in [6.45, 7) is 2.78. The van der Waals surface area contributed by atoms with Crippen LogP contribution >= 0.6 is 27.5 Å². The van der Waals surface area contributed by atoms with E-state index in [1.165, 1.54) is 12.1 Å². The predicted molar refractivity (Wildman–Crippen MR) is 81.1 cm³/mol. The zero-order valence-electron chi connectivity index (χ0n) is 10.7. The van der Waals surface area contributed by atoms with Crippen molar-refractivity contribution in [2.24, 2.45) is 0 Å². The zero-order valence-corrected chi connectivity index (χ0v) is 13.8. The molecule has 1 aromatic carbocycles. The number of halogens is 2. The number of nitrogens with one attached hydrogen (secondary N) is 1. The fourth-order valence-corrected chi connectivity index (χ4v) is 3.25. The van der Waals surface area contributed by atoms with Gasteiger partial charge in [0.05, 0.1) is 27.8 Å². The number of hydrogen-bond acceptors (Lipinski definition) is 3. The van der Waals surface area contributed by atoms with Gasteiger partial charge < -0.3 is 0 Å². The van der Waals surface area contributed by atoms with E-state index < -0.39 is 10.0 Å². The van der Waals surface area contributed by atoms with Gasteiger partial charge in [-0.25, -0.2) is 13.1 Å². The summed E-state index contributed by atoms with van der Waals surface area (Å²) in [6.07, 6.45) is 1.65. The predicted octanol–water partition coefficient (Wildman–Crippen LogP) is 2.80. The van der Waals surface area contributed by atoms with E-state index >= 15 is 0 Å². The molecule has 0 aliphatic rings. The first-order chi connectivity index (χ1) is 9.44. The molecule has 108 valence electrons. The molecule has 0 aliphatic carbocycles. The lowest BCUT2D eigenvalue weighted by Crippen LogP contribution is -2.24. The van der Waals surface area contributed by atoms with Crippen LogP contribution in [0.15, 0.2) is 39.8 Å². The molecule has 0 amide bonds. The molecular weight excluding hydrogens is 366 g/mol. The molecule has 0 saturated heterocycles. The van der Waals surface area contributed by atoms with E-state index in [0.717, 1.165) is 10.2 Å². The van der Waals surface area contributed by atoms with E-state index in [1.54, 1.807) is 23.0 Å². The Morgan fingerprint density at radius 1 is 1.35 bits per heavy atom. The molecule has 0 aliphatic heterocycles. The van der Waals surface area contributed by atoms with Crippen molar-refractivity contribution in [1.82, 2.24) is 14.5 Å². The van der Waals surface area contributed by atoms with E-state index in [2.05, 4.69) is 25.8 Å². The highest BCUT2D eigenvalue weighted by molar-refractivity contribution is 9.10. The van der Waals surface area contributed by atoms with Crippen LogP contribution in [0.4, 0.5) is 0 Å². The van der Waals surface area contributed by atoms with Crippen molar-refractivity contribution in [1.29, 1.82) is 0 Å². The average Bonchev–Trinajstić information content (AvgIpc) is 2.77. The Morgan fingerprint density at radius 2 is 2.00 bits per heavy atom. The van der Waals surface area contributed by atoms with Crippen LogP contribution in [0.2, 0.25) is 5.02 Å². The van der Waals surface area contributed by atoms with E-state index in [1.807, 2.05) is 6.92 Å². The monoisotopic (exact) mass is 377 g/mol. The summed E-state index contributed by atoms with van der Waals surface area (Å²) in [5.41, 5.74) is 0.782. The number of sulfonamides is 1. The number of nitrogens with zero attached hydrogens (tertiary/aromatic N) is 2. The Hall–Kier alpha value is -0.890. The molecule has 1 heterocycles. The summed E-state index contributed by atoms with van der Waals surface area (Å²) in [5.74, 6) is 0. The maximum absolute atomic E-state index is 12.2. The summed E-state index contributed by atoms with van der Waals surface area (Å²) < 4.78 is 29.4. The van der Waals surface area contributed by atoms with Gasteiger partial charge in [0.1, 0.15) is 0 Å². The van der Waals surface area contributed by atoms with Crippen molar-refractivity contribution in [3.8, 4) is 0 Å². The second-order valence-corrected chi connectivity index (χ2v) is 7.09. The van der Waals surface area contributed by atoms with Gasteiger partial charge in [0, 0.05) is 11.6 Å². The van der Waals surface area contributed by atoms with E-state index in [4.69, 9.17) is 11.6 Å². The van der Waals surface area contributed by atoms with Crippen LogP contribution in [-0.2, 0) is 23.1 Å². The van der Waals surface area contributed by atoms with Gasteiger partial charge in [-0.3, -0.25) is 4.68 Å². The van der Waals surface area contributed by atoms with Crippen LogP contribution in [0.3, 0.4) is 0 Å². The van der Waals surface area contributed by atoms with Crippen molar-refractivity contribution < 1.29 is 8.42 Å². The van der Waals surface area contributed by atoms with Gasteiger partial charge in [0.15, 0.2) is 0 Å². The smallest absolute Gasteiger partial charge is 0.240 e. The number of aromatic nitrogens is 2. The van der Waals surface area contributed by atoms with Crippen LogP contribution in [0.1, 0.15) is 12.6 Å². The lowest BCUT2D eigenvalue weighted by atomic mass is 10.4. The van der Waals surface area contributed by atoms with Crippen molar-refractivity contribution in [2.45, 2.75) is 24.9 Å². The molecule has 0 atom stereocenters. The summed E-state index contributed by atoms with van der Waals surface area (Å²) in [4.78, 5) is 0.181. The summed E-state index contributed by atoms with van der Waals surface area (Å²) >= 11 is 9.10. The standard InChI is InChI=1S/C12H13BrClN3O2S/c1-2-17-12(11(13)7-15-17)8-16-20(18,19)10-5-3-9(14)4-6-10/h3-7,16H,2,8H2,1H3. The zero-order chi connectivity index (χ0) is 14.8. The number of hydrogen-bond donors (Lipinski definition) is 1. The van der Waals surface area contributed by atoms with Gasteiger partial charge in [-0.05, 0) is 47.1 Å². The summed E-state index contributed by atoms with van der Waals surface area (Å²) in [7, 11) is -3.57. The Balaban J connectivity index is 2.17. The minimum absolute atomic E-state index is 0.166. The molecule has 0 radical (unpaired) electrons. The summed E-state index contributed by atoms with van der Waals surface area (Å²) in [6, 6.07) is 6.03. The number of benzene rings is 1. The van der Waals surface area contributed by atoms with E-state index in [0.29, 0.717) is 11.6 Å². The first-order valence-electron chi connectivity index (χ1n) is 5.89. The van der Waals surface area contributed by atoms with Gasteiger partial charge in [0.2, 0.25) is 10.0 Å². The highest BCUT2D eigenvalue weighted by Crippen LogP contribution is 2.18. The van der Waals surface area contributed by atoms with Crippen molar-refractivity contribution in [3.05, 3.63) is 45.7 Å². The van der Waals surface area contributed by atoms with Gasteiger partial charge >= 0.3 is 0 Å². The van der Waals surface area contributed by atoms with Crippen LogP contribution in [0.5, 0.6) is 0 Å². The maximum atomic E-state index is 12.2. The maximum Gasteiger partial charge on any atom is 0.240 e. The van der Waals surface area contributed by atoms with E-state index in [-0.39, 0.29) is 11.4 Å². The number of aryl methyl sites for hydroxylation is 1. The Morgan fingerprint density at radius 3 is 2.60 bits per heavy atom. The SMILES string of the molecule is CCn1ncc(Br)c1CNS(=O)(=O)c1ccc(Cl)cc1. The Bertz CT molecular complexity index is 698. The van der Waals surface area contributed by atoms with Gasteiger partial charge in [-0.15, -0.1) is 0 Å². The summed E-state index contributed by atoms with van der Waals surface area (Å²) in [5, 5.41) is 4.63. The first kappa shape index (κ1) is 15.5. The molecule has 0 saturated carbocycles. The average molecular weight is 379 g/mol. The molecular formula is C12H13BrClN3O2S. The molecule has 0 fully saturated rings.